The molecular formula is C15H19N3. The van der Waals surface area contributed by atoms with E-state index in [-0.39, 0.29) is 6.04 Å². The molecule has 1 heterocycles. The van der Waals surface area contributed by atoms with E-state index >= 15 is 0 Å². The first-order valence-corrected chi connectivity index (χ1v) is 6.13. The molecule has 1 unspecified atom stereocenters. The minimum absolute atomic E-state index is 0.262. The molecule has 0 aliphatic carbocycles. The summed E-state index contributed by atoms with van der Waals surface area (Å²) in [5.41, 5.74) is 10.5. The van der Waals surface area contributed by atoms with Gasteiger partial charge in [-0.1, -0.05) is 24.3 Å². The van der Waals surface area contributed by atoms with Gasteiger partial charge in [0.15, 0.2) is 0 Å². The highest BCUT2D eigenvalue weighted by Crippen LogP contribution is 2.23. The first-order chi connectivity index (χ1) is 8.72. The number of nitrogens with two attached hydrogens (primary N) is 1. The van der Waals surface area contributed by atoms with Crippen molar-refractivity contribution in [2.45, 2.75) is 19.4 Å². The number of nitrogens with zero attached hydrogens (tertiary/aromatic N) is 1. The van der Waals surface area contributed by atoms with Crippen LogP contribution in [0.2, 0.25) is 0 Å². The van der Waals surface area contributed by atoms with E-state index in [1.807, 2.05) is 19.3 Å². The van der Waals surface area contributed by atoms with Gasteiger partial charge in [-0.15, -0.1) is 0 Å². The number of aryl methyl sites for hydroxylation is 1. The van der Waals surface area contributed by atoms with Crippen molar-refractivity contribution in [3.05, 3.63) is 59.4 Å². The maximum atomic E-state index is 5.97. The quantitative estimate of drug-likeness (QED) is 0.864. The van der Waals surface area contributed by atoms with Crippen LogP contribution < -0.4 is 11.1 Å². The largest absolute Gasteiger partial charge is 0.398 e. The molecule has 0 saturated heterocycles. The molecule has 0 radical (unpaired) electrons. The number of anilines is 1. The van der Waals surface area contributed by atoms with E-state index in [0.717, 1.165) is 17.7 Å². The zero-order valence-corrected chi connectivity index (χ0v) is 10.9. The number of nitrogen functional groups attached to an aromatic ring is 1. The predicted molar refractivity (Wildman–Crippen MR) is 75.3 cm³/mol. The fraction of sp³-hybridized carbons (Fsp3) is 0.267. The molecule has 2 rings (SSSR count). The Hall–Kier alpha value is -1.87. The second kappa shape index (κ2) is 5.65. The van der Waals surface area contributed by atoms with Crippen LogP contribution >= 0.6 is 0 Å². The second-order valence-electron chi connectivity index (χ2n) is 4.48. The molecule has 1 atom stereocenters. The Morgan fingerprint density at radius 2 is 2.06 bits per heavy atom. The van der Waals surface area contributed by atoms with Gasteiger partial charge in [0.1, 0.15) is 0 Å². The summed E-state index contributed by atoms with van der Waals surface area (Å²) in [6.07, 6.45) is 4.42. The van der Waals surface area contributed by atoms with E-state index in [1.165, 1.54) is 11.1 Å². The molecule has 0 aliphatic heterocycles. The van der Waals surface area contributed by atoms with Gasteiger partial charge in [0.2, 0.25) is 0 Å². The minimum atomic E-state index is 0.262. The molecule has 0 amide bonds. The van der Waals surface area contributed by atoms with Crippen LogP contribution in [0.15, 0.2) is 42.7 Å². The average molecular weight is 241 g/mol. The lowest BCUT2D eigenvalue weighted by atomic mass is 9.95. The lowest BCUT2D eigenvalue weighted by Gasteiger charge is -2.19. The molecule has 94 valence electrons. The van der Waals surface area contributed by atoms with Crippen LogP contribution in [-0.4, -0.2) is 12.0 Å². The maximum Gasteiger partial charge on any atom is 0.0378 e. The molecule has 3 heteroatoms. The molecule has 3 nitrogen and oxygen atoms in total. The van der Waals surface area contributed by atoms with Gasteiger partial charge in [-0.05, 0) is 43.1 Å². The van der Waals surface area contributed by atoms with E-state index in [1.54, 1.807) is 6.20 Å². The number of hydrogen-bond acceptors (Lipinski definition) is 3. The number of rotatable bonds is 4. The highest BCUT2D eigenvalue weighted by Gasteiger charge is 2.13. The fourth-order valence-corrected chi connectivity index (χ4v) is 2.17. The number of likely N-dealkylation sites (N-methyl/N-ethyl adjacent to an activating group) is 1. The zero-order chi connectivity index (χ0) is 13.0. The zero-order valence-electron chi connectivity index (χ0n) is 10.9. The van der Waals surface area contributed by atoms with Gasteiger partial charge in [0.25, 0.3) is 0 Å². The monoisotopic (exact) mass is 241 g/mol. The summed E-state index contributed by atoms with van der Waals surface area (Å²) in [5, 5.41) is 3.35. The Kier molecular flexibility index (Phi) is 3.95. The molecule has 2 aromatic rings. The van der Waals surface area contributed by atoms with E-state index in [9.17, 15) is 0 Å². The van der Waals surface area contributed by atoms with Crippen LogP contribution in [0.4, 0.5) is 5.69 Å². The SMILES string of the molecule is CNC(Cc1cnccc1N)c1ccccc1C. The van der Waals surface area contributed by atoms with Crippen molar-refractivity contribution in [1.29, 1.82) is 0 Å². The lowest BCUT2D eigenvalue weighted by molar-refractivity contribution is 0.589. The fourth-order valence-electron chi connectivity index (χ4n) is 2.17. The van der Waals surface area contributed by atoms with Crippen molar-refractivity contribution in [3.63, 3.8) is 0 Å². The Bertz CT molecular complexity index is 523. The van der Waals surface area contributed by atoms with E-state index < -0.39 is 0 Å². The van der Waals surface area contributed by atoms with Gasteiger partial charge in [0.05, 0.1) is 0 Å². The van der Waals surface area contributed by atoms with Crippen molar-refractivity contribution in [1.82, 2.24) is 10.3 Å². The van der Waals surface area contributed by atoms with Gasteiger partial charge in [-0.2, -0.15) is 0 Å². The molecule has 0 aliphatic rings. The molecular weight excluding hydrogens is 222 g/mol. The summed E-state index contributed by atoms with van der Waals surface area (Å²) in [4.78, 5) is 4.14. The van der Waals surface area contributed by atoms with Gasteiger partial charge >= 0.3 is 0 Å². The topological polar surface area (TPSA) is 50.9 Å². The van der Waals surface area contributed by atoms with Gasteiger partial charge < -0.3 is 11.1 Å². The molecule has 0 saturated carbocycles. The average Bonchev–Trinajstić information content (AvgIpc) is 2.39. The summed E-state index contributed by atoms with van der Waals surface area (Å²) < 4.78 is 0. The Morgan fingerprint density at radius 3 is 2.72 bits per heavy atom. The summed E-state index contributed by atoms with van der Waals surface area (Å²) >= 11 is 0. The highest BCUT2D eigenvalue weighted by atomic mass is 14.9. The van der Waals surface area contributed by atoms with Crippen LogP contribution in [0.1, 0.15) is 22.7 Å². The maximum absolute atomic E-state index is 5.97. The number of nitrogens with one attached hydrogen (secondary N) is 1. The third-order valence-corrected chi connectivity index (χ3v) is 3.28. The number of benzene rings is 1. The predicted octanol–water partition coefficient (Wildman–Crippen LogP) is 2.48. The van der Waals surface area contributed by atoms with E-state index in [4.69, 9.17) is 5.73 Å². The number of hydrogen-bond donors (Lipinski definition) is 2. The highest BCUT2D eigenvalue weighted by molar-refractivity contribution is 5.45. The molecule has 0 bridgehead atoms. The Morgan fingerprint density at radius 1 is 1.28 bits per heavy atom. The van der Waals surface area contributed by atoms with Crippen LogP contribution in [0, 0.1) is 6.92 Å². The summed E-state index contributed by atoms with van der Waals surface area (Å²) in [6, 6.07) is 10.5. The smallest absolute Gasteiger partial charge is 0.0378 e. The molecule has 1 aromatic heterocycles. The van der Waals surface area contributed by atoms with Crippen LogP contribution in [0.5, 0.6) is 0 Å². The third kappa shape index (κ3) is 2.68. The minimum Gasteiger partial charge on any atom is -0.398 e. The standard InChI is InChI=1S/C15H19N3/c1-11-5-3-4-6-13(11)15(17-2)9-12-10-18-8-7-14(12)16/h3-8,10,15,17H,9H2,1-2H3,(H2,16,18). The molecule has 18 heavy (non-hydrogen) atoms. The summed E-state index contributed by atoms with van der Waals surface area (Å²) in [5.74, 6) is 0. The number of pyridine rings is 1. The Balaban J connectivity index is 2.26. The van der Waals surface area contributed by atoms with Crippen molar-refractivity contribution in [3.8, 4) is 0 Å². The van der Waals surface area contributed by atoms with Crippen LogP contribution in [0.25, 0.3) is 0 Å². The Labute approximate surface area is 108 Å². The molecule has 1 aromatic carbocycles. The van der Waals surface area contributed by atoms with Crippen molar-refractivity contribution >= 4 is 5.69 Å². The first kappa shape index (κ1) is 12.6. The molecule has 3 N–H and O–H groups in total. The van der Waals surface area contributed by atoms with Crippen molar-refractivity contribution in [2.24, 2.45) is 0 Å². The van der Waals surface area contributed by atoms with Crippen LogP contribution in [-0.2, 0) is 6.42 Å². The molecule has 0 fully saturated rings. The van der Waals surface area contributed by atoms with E-state index in [0.29, 0.717) is 0 Å². The third-order valence-electron chi connectivity index (χ3n) is 3.28. The summed E-state index contributed by atoms with van der Waals surface area (Å²) in [6.45, 7) is 2.13. The normalized spacial score (nSPS) is 12.3. The lowest BCUT2D eigenvalue weighted by Crippen LogP contribution is -2.20. The first-order valence-electron chi connectivity index (χ1n) is 6.13. The van der Waals surface area contributed by atoms with E-state index in [2.05, 4.69) is 41.5 Å². The van der Waals surface area contributed by atoms with Crippen molar-refractivity contribution in [2.75, 3.05) is 12.8 Å². The number of aromatic nitrogens is 1. The van der Waals surface area contributed by atoms with Gasteiger partial charge in [-0.25, -0.2) is 0 Å². The second-order valence-corrected chi connectivity index (χ2v) is 4.48. The van der Waals surface area contributed by atoms with Gasteiger partial charge in [0, 0.05) is 24.1 Å². The summed E-state index contributed by atoms with van der Waals surface area (Å²) in [7, 11) is 1.98. The van der Waals surface area contributed by atoms with Crippen molar-refractivity contribution < 1.29 is 0 Å². The van der Waals surface area contributed by atoms with Gasteiger partial charge in [-0.3, -0.25) is 4.98 Å². The van der Waals surface area contributed by atoms with Crippen LogP contribution in [0.3, 0.4) is 0 Å². The molecule has 0 spiro atoms.